The molecule has 1 aromatic rings. The molecule has 0 radical (unpaired) electrons. The van der Waals surface area contributed by atoms with Gasteiger partial charge in [-0.2, -0.15) is 0 Å². The molecule has 0 bridgehead atoms. The summed E-state index contributed by atoms with van der Waals surface area (Å²) in [5.41, 5.74) is 0.670. The largest absolute Gasteiger partial charge is 0.505 e. The van der Waals surface area contributed by atoms with Crippen molar-refractivity contribution in [3.63, 3.8) is 0 Å². The van der Waals surface area contributed by atoms with Crippen molar-refractivity contribution < 1.29 is 19.4 Å². The lowest BCUT2D eigenvalue weighted by Crippen LogP contribution is -2.06. The van der Waals surface area contributed by atoms with E-state index in [2.05, 4.69) is 0 Å². The van der Waals surface area contributed by atoms with Crippen molar-refractivity contribution >= 4 is 5.97 Å². The molecular formula is C12H15FO3. The molecule has 0 aliphatic heterocycles. The van der Waals surface area contributed by atoms with Crippen molar-refractivity contribution in [2.75, 3.05) is 0 Å². The molecule has 1 rings (SSSR count). The molecule has 0 fully saturated rings. The lowest BCUT2D eigenvalue weighted by molar-refractivity contribution is -0.137. The third-order valence-electron chi connectivity index (χ3n) is 2.50. The summed E-state index contributed by atoms with van der Waals surface area (Å²) in [7, 11) is 0. The van der Waals surface area contributed by atoms with Crippen LogP contribution in [0.2, 0.25) is 0 Å². The Bertz CT molecular complexity index is 377. The van der Waals surface area contributed by atoms with E-state index in [1.807, 2.05) is 6.92 Å². The van der Waals surface area contributed by atoms with E-state index in [-0.39, 0.29) is 12.3 Å². The van der Waals surface area contributed by atoms with Gasteiger partial charge in [0.15, 0.2) is 11.6 Å². The molecule has 0 aliphatic rings. The number of carboxylic acids is 1. The Morgan fingerprint density at radius 3 is 2.69 bits per heavy atom. The van der Waals surface area contributed by atoms with E-state index in [4.69, 9.17) is 5.11 Å². The maximum absolute atomic E-state index is 12.8. The number of rotatable bonds is 5. The van der Waals surface area contributed by atoms with Crippen LogP contribution in [0.25, 0.3) is 0 Å². The van der Waals surface area contributed by atoms with Crippen molar-refractivity contribution in [3.8, 4) is 5.75 Å². The summed E-state index contributed by atoms with van der Waals surface area (Å²) < 4.78 is 12.8. The number of phenols is 1. The van der Waals surface area contributed by atoms with Gasteiger partial charge in [0.05, 0.1) is 6.42 Å². The van der Waals surface area contributed by atoms with Gasteiger partial charge in [0, 0.05) is 0 Å². The molecule has 4 heteroatoms. The predicted octanol–water partition coefficient (Wildman–Crippen LogP) is 2.89. The molecule has 0 unspecified atom stereocenters. The highest BCUT2D eigenvalue weighted by Gasteiger charge is 2.16. The van der Waals surface area contributed by atoms with E-state index in [9.17, 15) is 14.3 Å². The Balaban J connectivity index is 2.91. The molecule has 3 nitrogen and oxygen atoms in total. The second kappa shape index (κ2) is 5.49. The normalized spacial score (nSPS) is 12.4. The first-order valence-corrected chi connectivity index (χ1v) is 5.24. The maximum atomic E-state index is 12.8. The molecule has 0 amide bonds. The lowest BCUT2D eigenvalue weighted by atomic mass is 9.91. The Labute approximate surface area is 93.5 Å². The summed E-state index contributed by atoms with van der Waals surface area (Å²) in [5, 5.41) is 18.0. The Kier molecular flexibility index (Phi) is 4.28. The summed E-state index contributed by atoms with van der Waals surface area (Å²) >= 11 is 0. The number of aromatic hydroxyl groups is 1. The van der Waals surface area contributed by atoms with Gasteiger partial charge in [0.2, 0.25) is 0 Å². The number of aliphatic carboxylic acids is 1. The van der Waals surface area contributed by atoms with E-state index in [0.29, 0.717) is 12.0 Å². The van der Waals surface area contributed by atoms with Crippen LogP contribution in [0, 0.1) is 5.82 Å². The van der Waals surface area contributed by atoms with Crippen LogP contribution >= 0.6 is 0 Å². The lowest BCUT2D eigenvalue weighted by Gasteiger charge is -2.14. The number of carboxylic acid groups (broad SMARTS) is 1. The highest BCUT2D eigenvalue weighted by Crippen LogP contribution is 2.28. The molecule has 16 heavy (non-hydrogen) atoms. The van der Waals surface area contributed by atoms with Crippen LogP contribution in [-0.4, -0.2) is 16.2 Å². The second-order valence-corrected chi connectivity index (χ2v) is 3.79. The minimum atomic E-state index is -0.887. The zero-order valence-corrected chi connectivity index (χ0v) is 9.11. The highest BCUT2D eigenvalue weighted by molar-refractivity contribution is 5.68. The van der Waals surface area contributed by atoms with Gasteiger partial charge in [-0.25, -0.2) is 4.39 Å². The van der Waals surface area contributed by atoms with Crippen molar-refractivity contribution in [1.29, 1.82) is 0 Å². The summed E-state index contributed by atoms with van der Waals surface area (Å²) in [5.74, 6) is -2.17. The molecule has 2 N–H and O–H groups in total. The van der Waals surface area contributed by atoms with Crippen LogP contribution in [0.3, 0.4) is 0 Å². The molecular weight excluding hydrogens is 211 g/mol. The first-order chi connectivity index (χ1) is 7.54. The van der Waals surface area contributed by atoms with Gasteiger partial charge in [-0.05, 0) is 30.0 Å². The summed E-state index contributed by atoms with van der Waals surface area (Å²) in [4.78, 5) is 10.7. The van der Waals surface area contributed by atoms with Crippen LogP contribution in [0.5, 0.6) is 5.75 Å². The Morgan fingerprint density at radius 2 is 2.19 bits per heavy atom. The van der Waals surface area contributed by atoms with Gasteiger partial charge in [0.25, 0.3) is 0 Å². The molecule has 0 saturated carbocycles. The third-order valence-corrected chi connectivity index (χ3v) is 2.50. The molecule has 0 aliphatic carbocycles. The minimum absolute atomic E-state index is 0.00108. The Hall–Kier alpha value is -1.58. The van der Waals surface area contributed by atoms with Gasteiger partial charge >= 0.3 is 5.97 Å². The standard InChI is InChI=1S/C12H15FO3/c1-2-3-8(7-12(15)16)9-4-5-10(13)11(14)6-9/h4-6,8,14H,2-3,7H2,1H3,(H,15,16)/t8-/m1/s1. The van der Waals surface area contributed by atoms with Gasteiger partial charge < -0.3 is 10.2 Å². The molecule has 0 saturated heterocycles. The van der Waals surface area contributed by atoms with E-state index < -0.39 is 17.5 Å². The van der Waals surface area contributed by atoms with Crippen molar-refractivity contribution in [2.45, 2.75) is 32.1 Å². The second-order valence-electron chi connectivity index (χ2n) is 3.79. The topological polar surface area (TPSA) is 57.5 Å². The molecule has 0 heterocycles. The molecule has 0 spiro atoms. The average molecular weight is 226 g/mol. The Morgan fingerprint density at radius 1 is 1.50 bits per heavy atom. The molecule has 1 atom stereocenters. The van der Waals surface area contributed by atoms with Gasteiger partial charge in [-0.1, -0.05) is 19.4 Å². The molecule has 88 valence electrons. The SMILES string of the molecule is CCC[C@H](CC(=O)O)c1ccc(F)c(O)c1. The number of hydrogen-bond acceptors (Lipinski definition) is 2. The smallest absolute Gasteiger partial charge is 0.303 e. The highest BCUT2D eigenvalue weighted by atomic mass is 19.1. The van der Waals surface area contributed by atoms with Crippen LogP contribution in [0.4, 0.5) is 4.39 Å². The molecule has 1 aromatic carbocycles. The van der Waals surface area contributed by atoms with Crippen LogP contribution in [-0.2, 0) is 4.79 Å². The number of phenolic OH excluding ortho intramolecular Hbond substituents is 1. The fourth-order valence-corrected chi connectivity index (χ4v) is 1.73. The number of hydrogen-bond donors (Lipinski definition) is 2. The zero-order valence-electron chi connectivity index (χ0n) is 9.11. The third kappa shape index (κ3) is 3.22. The summed E-state index contributed by atoms with van der Waals surface area (Å²) in [6, 6.07) is 3.99. The predicted molar refractivity (Wildman–Crippen MR) is 58.0 cm³/mol. The van der Waals surface area contributed by atoms with Crippen molar-refractivity contribution in [1.82, 2.24) is 0 Å². The minimum Gasteiger partial charge on any atom is -0.505 e. The number of benzene rings is 1. The first kappa shape index (κ1) is 12.5. The zero-order chi connectivity index (χ0) is 12.1. The van der Waals surface area contributed by atoms with Crippen LogP contribution in [0.1, 0.15) is 37.7 Å². The average Bonchev–Trinajstić information content (AvgIpc) is 2.21. The monoisotopic (exact) mass is 226 g/mol. The number of halogens is 1. The fraction of sp³-hybridized carbons (Fsp3) is 0.417. The van der Waals surface area contributed by atoms with E-state index in [1.165, 1.54) is 12.1 Å². The van der Waals surface area contributed by atoms with Crippen molar-refractivity contribution in [2.24, 2.45) is 0 Å². The molecule has 0 aromatic heterocycles. The van der Waals surface area contributed by atoms with Crippen LogP contribution in [0.15, 0.2) is 18.2 Å². The first-order valence-electron chi connectivity index (χ1n) is 5.24. The van der Waals surface area contributed by atoms with Gasteiger partial charge in [-0.3, -0.25) is 4.79 Å². The van der Waals surface area contributed by atoms with Gasteiger partial charge in [0.1, 0.15) is 0 Å². The van der Waals surface area contributed by atoms with E-state index in [0.717, 1.165) is 12.5 Å². The van der Waals surface area contributed by atoms with E-state index in [1.54, 1.807) is 0 Å². The van der Waals surface area contributed by atoms with Crippen LogP contribution < -0.4 is 0 Å². The van der Waals surface area contributed by atoms with E-state index >= 15 is 0 Å². The fourth-order valence-electron chi connectivity index (χ4n) is 1.73. The van der Waals surface area contributed by atoms with Crippen molar-refractivity contribution in [3.05, 3.63) is 29.6 Å². The quantitative estimate of drug-likeness (QED) is 0.811. The maximum Gasteiger partial charge on any atom is 0.303 e. The van der Waals surface area contributed by atoms with Gasteiger partial charge in [-0.15, -0.1) is 0 Å². The summed E-state index contributed by atoms with van der Waals surface area (Å²) in [6.07, 6.45) is 1.55. The number of carbonyl (C=O) groups is 1. The summed E-state index contributed by atoms with van der Waals surface area (Å²) in [6.45, 7) is 1.96.